The highest BCUT2D eigenvalue weighted by molar-refractivity contribution is 5.92. The highest BCUT2D eigenvalue weighted by atomic mass is 19.2. The molecule has 25 heavy (non-hydrogen) atoms. The molecular formula is C18H18F3N3O. The molecule has 3 rings (SSSR count). The fraction of sp³-hybridized carbons (Fsp3) is 0.278. The monoisotopic (exact) mass is 349 g/mol. The third-order valence-corrected chi connectivity index (χ3v) is 4.14. The molecule has 0 aliphatic carbocycles. The number of carbonyl (C=O) groups is 1. The van der Waals surface area contributed by atoms with E-state index < -0.39 is 11.6 Å². The molecule has 0 atom stereocenters. The summed E-state index contributed by atoms with van der Waals surface area (Å²) in [5.74, 6) is -2.52. The Bertz CT molecular complexity index is 761. The van der Waals surface area contributed by atoms with Crippen molar-refractivity contribution in [2.75, 3.05) is 42.9 Å². The van der Waals surface area contributed by atoms with Gasteiger partial charge in [-0.2, -0.15) is 0 Å². The van der Waals surface area contributed by atoms with Crippen molar-refractivity contribution in [2.24, 2.45) is 0 Å². The molecule has 1 N–H and O–H groups in total. The van der Waals surface area contributed by atoms with Gasteiger partial charge in [0.1, 0.15) is 5.82 Å². The van der Waals surface area contributed by atoms with Crippen LogP contribution in [0.1, 0.15) is 0 Å². The molecule has 132 valence electrons. The molecule has 0 spiro atoms. The van der Waals surface area contributed by atoms with Crippen molar-refractivity contribution in [1.29, 1.82) is 0 Å². The normalized spacial score (nSPS) is 15.2. The number of anilines is 2. The predicted octanol–water partition coefficient (Wildman–Crippen LogP) is 2.86. The Balaban J connectivity index is 1.51. The summed E-state index contributed by atoms with van der Waals surface area (Å²) in [7, 11) is 0. The summed E-state index contributed by atoms with van der Waals surface area (Å²) in [6, 6.07) is 9.84. The topological polar surface area (TPSA) is 35.6 Å². The largest absolute Gasteiger partial charge is 0.367 e. The number of amides is 1. The number of rotatable bonds is 4. The molecule has 0 unspecified atom stereocenters. The Morgan fingerprint density at radius 3 is 2.32 bits per heavy atom. The van der Waals surface area contributed by atoms with Gasteiger partial charge in [-0.3, -0.25) is 9.69 Å². The van der Waals surface area contributed by atoms with Crippen LogP contribution in [0, 0.1) is 17.5 Å². The maximum absolute atomic E-state index is 13.8. The average molecular weight is 349 g/mol. The Morgan fingerprint density at radius 1 is 0.920 bits per heavy atom. The third kappa shape index (κ3) is 4.30. The van der Waals surface area contributed by atoms with Gasteiger partial charge in [0.2, 0.25) is 5.91 Å². The molecule has 0 radical (unpaired) electrons. The lowest BCUT2D eigenvalue weighted by molar-refractivity contribution is -0.117. The van der Waals surface area contributed by atoms with E-state index in [2.05, 4.69) is 5.32 Å². The van der Waals surface area contributed by atoms with Crippen molar-refractivity contribution in [3.8, 4) is 0 Å². The van der Waals surface area contributed by atoms with Gasteiger partial charge in [0.15, 0.2) is 11.6 Å². The van der Waals surface area contributed by atoms with Crippen molar-refractivity contribution in [2.45, 2.75) is 0 Å². The molecule has 1 saturated heterocycles. The Hall–Kier alpha value is -2.54. The summed E-state index contributed by atoms with van der Waals surface area (Å²) in [6.45, 7) is 2.59. The van der Waals surface area contributed by atoms with Gasteiger partial charge in [0.05, 0.1) is 12.2 Å². The molecule has 1 aliphatic heterocycles. The molecule has 0 aromatic heterocycles. The van der Waals surface area contributed by atoms with Gasteiger partial charge in [-0.15, -0.1) is 0 Å². The van der Waals surface area contributed by atoms with E-state index in [0.29, 0.717) is 31.9 Å². The first-order valence-corrected chi connectivity index (χ1v) is 7.99. The fourth-order valence-electron chi connectivity index (χ4n) is 2.83. The van der Waals surface area contributed by atoms with Gasteiger partial charge in [0.25, 0.3) is 0 Å². The quantitative estimate of drug-likeness (QED) is 0.922. The summed E-state index contributed by atoms with van der Waals surface area (Å²) >= 11 is 0. The van der Waals surface area contributed by atoms with Crippen molar-refractivity contribution in [3.63, 3.8) is 0 Å². The Morgan fingerprint density at radius 2 is 1.64 bits per heavy atom. The predicted molar refractivity (Wildman–Crippen MR) is 90.0 cm³/mol. The van der Waals surface area contributed by atoms with E-state index in [4.69, 9.17) is 0 Å². The number of hydrogen-bond acceptors (Lipinski definition) is 3. The van der Waals surface area contributed by atoms with Crippen molar-refractivity contribution >= 4 is 17.3 Å². The van der Waals surface area contributed by atoms with E-state index in [-0.39, 0.29) is 24.0 Å². The average Bonchev–Trinajstić information content (AvgIpc) is 2.59. The highest BCUT2D eigenvalue weighted by Crippen LogP contribution is 2.20. The van der Waals surface area contributed by atoms with Gasteiger partial charge >= 0.3 is 0 Å². The van der Waals surface area contributed by atoms with E-state index in [1.165, 1.54) is 12.1 Å². The second-order valence-corrected chi connectivity index (χ2v) is 5.89. The number of hydrogen-bond donors (Lipinski definition) is 1. The standard InChI is InChI=1S/C18H18F3N3O/c19-14-6-5-13(11-16(14)21)22-18(25)12-23-7-9-24(10-8-23)17-4-2-1-3-15(17)20/h1-6,11H,7-10,12H2,(H,22,25). The van der Waals surface area contributed by atoms with Crippen LogP contribution in [0.4, 0.5) is 24.5 Å². The lowest BCUT2D eigenvalue weighted by Crippen LogP contribution is -2.48. The summed E-state index contributed by atoms with van der Waals surface area (Å²) in [4.78, 5) is 15.9. The maximum Gasteiger partial charge on any atom is 0.238 e. The van der Waals surface area contributed by atoms with Crippen LogP contribution in [0.25, 0.3) is 0 Å². The zero-order chi connectivity index (χ0) is 17.8. The lowest BCUT2D eigenvalue weighted by atomic mass is 10.2. The molecule has 4 nitrogen and oxygen atoms in total. The zero-order valence-corrected chi connectivity index (χ0v) is 13.5. The second kappa shape index (κ2) is 7.57. The number of carbonyl (C=O) groups excluding carboxylic acids is 1. The SMILES string of the molecule is O=C(CN1CCN(c2ccccc2F)CC1)Nc1ccc(F)c(F)c1. The van der Waals surface area contributed by atoms with Crippen LogP contribution in [0.3, 0.4) is 0 Å². The van der Waals surface area contributed by atoms with Crippen molar-refractivity contribution in [3.05, 3.63) is 59.9 Å². The van der Waals surface area contributed by atoms with Gasteiger partial charge in [-0.05, 0) is 24.3 Å². The van der Waals surface area contributed by atoms with E-state index in [1.807, 2.05) is 9.80 Å². The van der Waals surface area contributed by atoms with Gasteiger partial charge < -0.3 is 10.2 Å². The Kier molecular flexibility index (Phi) is 5.23. The molecular weight excluding hydrogens is 331 g/mol. The minimum atomic E-state index is -1.00. The molecule has 1 amide bonds. The van der Waals surface area contributed by atoms with Gasteiger partial charge in [-0.1, -0.05) is 12.1 Å². The second-order valence-electron chi connectivity index (χ2n) is 5.89. The molecule has 0 bridgehead atoms. The molecule has 1 heterocycles. The molecule has 2 aromatic rings. The number of benzene rings is 2. The third-order valence-electron chi connectivity index (χ3n) is 4.14. The summed E-state index contributed by atoms with van der Waals surface area (Å²) in [5.41, 5.74) is 0.780. The first-order valence-electron chi connectivity index (χ1n) is 7.99. The number of halogens is 3. The first-order chi connectivity index (χ1) is 12.0. The van der Waals surface area contributed by atoms with Crippen molar-refractivity contribution < 1.29 is 18.0 Å². The van der Waals surface area contributed by atoms with Gasteiger partial charge in [0, 0.05) is 37.9 Å². The smallest absolute Gasteiger partial charge is 0.238 e. The lowest BCUT2D eigenvalue weighted by Gasteiger charge is -2.35. The number of piperazine rings is 1. The number of nitrogens with zero attached hydrogens (tertiary/aromatic N) is 2. The van der Waals surface area contributed by atoms with E-state index in [9.17, 15) is 18.0 Å². The minimum absolute atomic E-state index is 0.143. The summed E-state index contributed by atoms with van der Waals surface area (Å²) in [6.07, 6.45) is 0. The highest BCUT2D eigenvalue weighted by Gasteiger charge is 2.21. The molecule has 1 fully saturated rings. The van der Waals surface area contributed by atoms with Crippen LogP contribution in [-0.4, -0.2) is 43.5 Å². The summed E-state index contributed by atoms with van der Waals surface area (Å²) in [5, 5.41) is 2.55. The molecule has 2 aromatic carbocycles. The molecule has 1 aliphatic rings. The van der Waals surface area contributed by atoms with Crippen LogP contribution >= 0.6 is 0 Å². The fourth-order valence-corrected chi connectivity index (χ4v) is 2.83. The van der Waals surface area contributed by atoms with Crippen molar-refractivity contribution in [1.82, 2.24) is 4.90 Å². The van der Waals surface area contributed by atoms with E-state index in [1.54, 1.807) is 18.2 Å². The Labute approximate surface area is 143 Å². The first kappa shape index (κ1) is 17.3. The summed E-state index contributed by atoms with van der Waals surface area (Å²) < 4.78 is 39.8. The molecule has 7 heteroatoms. The zero-order valence-electron chi connectivity index (χ0n) is 13.5. The van der Waals surface area contributed by atoms with Crippen LogP contribution in [0.2, 0.25) is 0 Å². The van der Waals surface area contributed by atoms with Crippen LogP contribution < -0.4 is 10.2 Å². The number of para-hydroxylation sites is 1. The van der Waals surface area contributed by atoms with Crippen LogP contribution in [-0.2, 0) is 4.79 Å². The molecule has 0 saturated carbocycles. The number of nitrogens with one attached hydrogen (secondary N) is 1. The van der Waals surface area contributed by atoms with Gasteiger partial charge in [-0.25, -0.2) is 13.2 Å². The van der Waals surface area contributed by atoms with Crippen LogP contribution in [0.5, 0.6) is 0 Å². The maximum atomic E-state index is 13.8. The van der Waals surface area contributed by atoms with E-state index in [0.717, 1.165) is 12.1 Å². The van der Waals surface area contributed by atoms with E-state index >= 15 is 0 Å². The van der Waals surface area contributed by atoms with Crippen LogP contribution in [0.15, 0.2) is 42.5 Å². The minimum Gasteiger partial charge on any atom is -0.367 e.